The molecule has 0 fully saturated rings. The van der Waals surface area contributed by atoms with Crippen LogP contribution < -0.4 is 5.32 Å². The highest BCUT2D eigenvalue weighted by Gasteiger charge is 2.14. The van der Waals surface area contributed by atoms with E-state index in [1.165, 1.54) is 24.5 Å². The first-order chi connectivity index (χ1) is 10.2. The van der Waals surface area contributed by atoms with Crippen molar-refractivity contribution in [3.8, 4) is 11.3 Å². The number of halogens is 1. The van der Waals surface area contributed by atoms with E-state index in [0.717, 1.165) is 0 Å². The number of nitrogens with zero attached hydrogens (tertiary/aromatic N) is 1. The molecule has 1 amide bonds. The Morgan fingerprint density at radius 3 is 2.76 bits per heavy atom. The number of amides is 1. The summed E-state index contributed by atoms with van der Waals surface area (Å²) in [6.07, 6.45) is 1.53. The first-order valence-electron chi connectivity index (χ1n) is 6.25. The van der Waals surface area contributed by atoms with Crippen LogP contribution in [0, 0.1) is 5.82 Å². The second kappa shape index (κ2) is 5.62. The highest BCUT2D eigenvalue weighted by atomic mass is 19.1. The molecule has 0 saturated heterocycles. The van der Waals surface area contributed by atoms with E-state index in [2.05, 4.69) is 10.5 Å². The van der Waals surface area contributed by atoms with Gasteiger partial charge in [-0.05, 0) is 36.4 Å². The molecule has 21 heavy (non-hydrogen) atoms. The van der Waals surface area contributed by atoms with Crippen LogP contribution in [0.3, 0.4) is 0 Å². The van der Waals surface area contributed by atoms with Gasteiger partial charge in [0, 0.05) is 11.6 Å². The summed E-state index contributed by atoms with van der Waals surface area (Å²) >= 11 is 0. The molecular formula is C15H11FN2O3. The quantitative estimate of drug-likeness (QED) is 0.800. The van der Waals surface area contributed by atoms with Gasteiger partial charge in [-0.15, -0.1) is 0 Å². The van der Waals surface area contributed by atoms with E-state index in [9.17, 15) is 9.18 Å². The summed E-state index contributed by atoms with van der Waals surface area (Å²) in [5.74, 6) is -0.00609. The van der Waals surface area contributed by atoms with Crippen molar-refractivity contribution in [2.24, 2.45) is 0 Å². The predicted octanol–water partition coefficient (Wildman–Crippen LogP) is 3.00. The third kappa shape index (κ3) is 3.00. The normalized spacial score (nSPS) is 10.5. The number of benzene rings is 1. The fraction of sp³-hybridized carbons (Fsp3) is 0.0667. The van der Waals surface area contributed by atoms with Gasteiger partial charge in [0.1, 0.15) is 17.3 Å². The second-order valence-electron chi connectivity index (χ2n) is 4.35. The minimum atomic E-state index is -0.396. The summed E-state index contributed by atoms with van der Waals surface area (Å²) < 4.78 is 23.0. The molecule has 0 aliphatic heterocycles. The monoisotopic (exact) mass is 286 g/mol. The summed E-state index contributed by atoms with van der Waals surface area (Å²) in [6.45, 7) is 0.262. The van der Waals surface area contributed by atoms with Crippen molar-refractivity contribution >= 4 is 5.91 Å². The van der Waals surface area contributed by atoms with Crippen LogP contribution in [0.2, 0.25) is 0 Å². The Morgan fingerprint density at radius 1 is 1.24 bits per heavy atom. The summed E-state index contributed by atoms with van der Waals surface area (Å²) in [5, 5.41) is 6.45. The lowest BCUT2D eigenvalue weighted by molar-refractivity contribution is 0.0911. The summed E-state index contributed by atoms with van der Waals surface area (Å²) in [4.78, 5) is 11.9. The third-order valence-corrected chi connectivity index (χ3v) is 2.88. The molecule has 0 spiro atoms. The van der Waals surface area contributed by atoms with Gasteiger partial charge in [0.25, 0.3) is 5.91 Å². The lowest BCUT2D eigenvalue weighted by Crippen LogP contribution is -2.21. The number of carbonyl (C=O) groups excluding carboxylic acids is 1. The smallest absolute Gasteiger partial charge is 0.290 e. The molecule has 0 unspecified atom stereocenters. The zero-order valence-corrected chi connectivity index (χ0v) is 10.9. The Morgan fingerprint density at radius 2 is 2.05 bits per heavy atom. The molecule has 0 bridgehead atoms. The SMILES string of the molecule is O=C(NCc1ccco1)c1cc(-c2ccc(F)cc2)no1. The van der Waals surface area contributed by atoms with E-state index in [1.807, 2.05) is 0 Å². The molecule has 106 valence electrons. The Hall–Kier alpha value is -2.89. The van der Waals surface area contributed by atoms with E-state index < -0.39 is 5.91 Å². The summed E-state index contributed by atoms with van der Waals surface area (Å²) in [5.41, 5.74) is 1.14. The summed E-state index contributed by atoms with van der Waals surface area (Å²) in [7, 11) is 0. The van der Waals surface area contributed by atoms with Gasteiger partial charge in [-0.3, -0.25) is 4.79 Å². The fourth-order valence-electron chi connectivity index (χ4n) is 1.81. The van der Waals surface area contributed by atoms with Crippen LogP contribution in [0.5, 0.6) is 0 Å². The Bertz CT molecular complexity index is 733. The number of hydrogen-bond acceptors (Lipinski definition) is 4. The lowest BCUT2D eigenvalue weighted by atomic mass is 10.1. The van der Waals surface area contributed by atoms with E-state index >= 15 is 0 Å². The van der Waals surface area contributed by atoms with Gasteiger partial charge >= 0.3 is 0 Å². The molecule has 2 heterocycles. The van der Waals surface area contributed by atoms with Crippen LogP contribution in [0.4, 0.5) is 4.39 Å². The summed E-state index contributed by atoms with van der Waals surface area (Å²) in [6, 6.07) is 10.8. The van der Waals surface area contributed by atoms with Gasteiger partial charge < -0.3 is 14.3 Å². The highest BCUT2D eigenvalue weighted by Crippen LogP contribution is 2.19. The minimum Gasteiger partial charge on any atom is -0.467 e. The number of nitrogens with one attached hydrogen (secondary N) is 1. The Labute approximate surface area is 119 Å². The molecule has 0 radical (unpaired) electrons. The van der Waals surface area contributed by atoms with Crippen LogP contribution in [-0.4, -0.2) is 11.1 Å². The Balaban J connectivity index is 1.69. The van der Waals surface area contributed by atoms with Crippen LogP contribution in [-0.2, 0) is 6.54 Å². The van der Waals surface area contributed by atoms with E-state index in [4.69, 9.17) is 8.94 Å². The average molecular weight is 286 g/mol. The van der Waals surface area contributed by atoms with Crippen molar-refractivity contribution < 1.29 is 18.1 Å². The van der Waals surface area contributed by atoms with Crippen LogP contribution >= 0.6 is 0 Å². The molecular weight excluding hydrogens is 275 g/mol. The standard InChI is InChI=1S/C15H11FN2O3/c16-11-5-3-10(4-6-11)13-8-14(21-18-13)15(19)17-9-12-2-1-7-20-12/h1-8H,9H2,(H,17,19). The first kappa shape index (κ1) is 13.1. The Kier molecular flexibility index (Phi) is 3.51. The van der Waals surface area contributed by atoms with Gasteiger partial charge in [0.05, 0.1) is 12.8 Å². The molecule has 6 heteroatoms. The number of aromatic nitrogens is 1. The van der Waals surface area contributed by atoms with Crippen LogP contribution in [0.25, 0.3) is 11.3 Å². The van der Waals surface area contributed by atoms with Crippen molar-refractivity contribution in [3.05, 3.63) is 66.1 Å². The average Bonchev–Trinajstić information content (AvgIpc) is 3.17. The molecule has 0 saturated carbocycles. The molecule has 2 aromatic heterocycles. The topological polar surface area (TPSA) is 68.3 Å². The van der Waals surface area contributed by atoms with Crippen molar-refractivity contribution in [2.75, 3.05) is 0 Å². The molecule has 3 aromatic rings. The van der Waals surface area contributed by atoms with E-state index in [0.29, 0.717) is 17.0 Å². The molecule has 0 aliphatic rings. The maximum atomic E-state index is 12.9. The predicted molar refractivity (Wildman–Crippen MR) is 71.8 cm³/mol. The number of furan rings is 1. The van der Waals surface area contributed by atoms with Crippen LogP contribution in [0.1, 0.15) is 16.3 Å². The maximum Gasteiger partial charge on any atom is 0.290 e. The van der Waals surface area contributed by atoms with Gasteiger partial charge in [0.2, 0.25) is 5.76 Å². The van der Waals surface area contributed by atoms with Gasteiger partial charge in [-0.25, -0.2) is 4.39 Å². The number of rotatable bonds is 4. The molecule has 1 N–H and O–H groups in total. The zero-order chi connectivity index (χ0) is 14.7. The lowest BCUT2D eigenvalue weighted by Gasteiger charge is -1.98. The second-order valence-corrected chi connectivity index (χ2v) is 4.35. The third-order valence-electron chi connectivity index (χ3n) is 2.88. The molecule has 0 atom stereocenters. The van der Waals surface area contributed by atoms with Gasteiger partial charge in [-0.1, -0.05) is 5.16 Å². The molecule has 3 rings (SSSR count). The molecule has 0 aliphatic carbocycles. The zero-order valence-electron chi connectivity index (χ0n) is 10.9. The van der Waals surface area contributed by atoms with Gasteiger partial charge in [0.15, 0.2) is 0 Å². The fourth-order valence-corrected chi connectivity index (χ4v) is 1.81. The maximum absolute atomic E-state index is 12.9. The van der Waals surface area contributed by atoms with Crippen molar-refractivity contribution in [2.45, 2.75) is 6.54 Å². The molecule has 1 aromatic carbocycles. The first-order valence-corrected chi connectivity index (χ1v) is 6.25. The largest absolute Gasteiger partial charge is 0.467 e. The highest BCUT2D eigenvalue weighted by molar-refractivity contribution is 5.92. The minimum absolute atomic E-state index is 0.0841. The number of carbonyl (C=O) groups is 1. The van der Waals surface area contributed by atoms with Crippen molar-refractivity contribution in [3.63, 3.8) is 0 Å². The van der Waals surface area contributed by atoms with E-state index in [1.54, 1.807) is 24.3 Å². The van der Waals surface area contributed by atoms with Crippen LogP contribution in [0.15, 0.2) is 57.7 Å². The van der Waals surface area contributed by atoms with Crippen molar-refractivity contribution in [1.29, 1.82) is 0 Å². The van der Waals surface area contributed by atoms with E-state index in [-0.39, 0.29) is 18.1 Å². The molecule has 5 nitrogen and oxygen atoms in total. The van der Waals surface area contributed by atoms with Gasteiger partial charge in [-0.2, -0.15) is 0 Å². The van der Waals surface area contributed by atoms with Crippen molar-refractivity contribution in [1.82, 2.24) is 10.5 Å². The number of hydrogen-bond donors (Lipinski definition) is 1.